The van der Waals surface area contributed by atoms with Gasteiger partial charge in [0, 0.05) is 0 Å². The Morgan fingerprint density at radius 2 is 2.21 bits per heavy atom. The third-order valence-electron chi connectivity index (χ3n) is 2.69. The number of carbonyl (C=O) groups excluding carboxylic acids is 1. The van der Waals surface area contributed by atoms with Crippen LogP contribution in [0.2, 0.25) is 0 Å². The summed E-state index contributed by atoms with van der Waals surface area (Å²) in [6, 6.07) is 8.65. The van der Waals surface area contributed by atoms with Crippen LogP contribution in [0.1, 0.15) is 30.0 Å². The highest BCUT2D eigenvalue weighted by Crippen LogP contribution is 2.28. The smallest absolute Gasteiger partial charge is 0.221 e. The van der Waals surface area contributed by atoms with Gasteiger partial charge in [0.1, 0.15) is 0 Å². The average molecular weight is 190 g/mol. The van der Waals surface area contributed by atoms with Crippen LogP contribution in [0.15, 0.2) is 24.3 Å². The Morgan fingerprint density at radius 3 is 3.07 bits per heavy atom. The van der Waals surface area contributed by atoms with E-state index in [9.17, 15) is 4.79 Å². The van der Waals surface area contributed by atoms with Crippen LogP contribution in [0.4, 0.5) is 0 Å². The predicted molar refractivity (Wildman–Crippen MR) is 54.5 cm³/mol. The molecule has 0 aliphatic heterocycles. The van der Waals surface area contributed by atoms with Crippen molar-refractivity contribution in [3.63, 3.8) is 0 Å². The first-order chi connectivity index (χ1) is 6.92. The SMILES string of the molecule is O=CNNC1CCCc2ccccc21. The van der Waals surface area contributed by atoms with E-state index in [1.807, 2.05) is 6.07 Å². The second kappa shape index (κ2) is 4.24. The molecular formula is C11H14N2O. The molecule has 0 bridgehead atoms. The Hall–Kier alpha value is -1.35. The van der Waals surface area contributed by atoms with E-state index >= 15 is 0 Å². The number of nitrogens with one attached hydrogen (secondary N) is 2. The van der Waals surface area contributed by atoms with Crippen molar-refractivity contribution in [2.75, 3.05) is 0 Å². The van der Waals surface area contributed by atoms with Crippen LogP contribution >= 0.6 is 0 Å². The number of benzene rings is 1. The second-order valence-corrected chi connectivity index (χ2v) is 3.55. The lowest BCUT2D eigenvalue weighted by Crippen LogP contribution is -2.35. The molecule has 0 spiro atoms. The van der Waals surface area contributed by atoms with Crippen molar-refractivity contribution < 1.29 is 4.79 Å². The van der Waals surface area contributed by atoms with Gasteiger partial charge in [0.25, 0.3) is 0 Å². The molecule has 0 saturated carbocycles. The molecule has 0 heterocycles. The Kier molecular flexibility index (Phi) is 2.79. The van der Waals surface area contributed by atoms with Crippen molar-refractivity contribution >= 4 is 6.41 Å². The highest BCUT2D eigenvalue weighted by molar-refractivity contribution is 5.45. The number of fused-ring (bicyclic) bond motifs is 1. The monoisotopic (exact) mass is 190 g/mol. The van der Waals surface area contributed by atoms with Crippen LogP contribution in [0.25, 0.3) is 0 Å². The molecule has 1 atom stereocenters. The highest BCUT2D eigenvalue weighted by Gasteiger charge is 2.18. The number of hydrogen-bond acceptors (Lipinski definition) is 2. The van der Waals surface area contributed by atoms with Crippen LogP contribution < -0.4 is 10.9 Å². The van der Waals surface area contributed by atoms with Gasteiger partial charge < -0.3 is 0 Å². The van der Waals surface area contributed by atoms with E-state index in [4.69, 9.17) is 0 Å². The van der Waals surface area contributed by atoms with Crippen molar-refractivity contribution in [2.45, 2.75) is 25.3 Å². The van der Waals surface area contributed by atoms with E-state index in [0.29, 0.717) is 6.41 Å². The number of carbonyl (C=O) groups is 1. The number of hydrogen-bond donors (Lipinski definition) is 2. The molecule has 0 aromatic heterocycles. The topological polar surface area (TPSA) is 41.1 Å². The molecule has 0 saturated heterocycles. The van der Waals surface area contributed by atoms with E-state index in [-0.39, 0.29) is 6.04 Å². The minimum Gasteiger partial charge on any atom is -0.294 e. The van der Waals surface area contributed by atoms with Crippen molar-refractivity contribution in [3.05, 3.63) is 35.4 Å². The number of aryl methyl sites for hydroxylation is 1. The average Bonchev–Trinajstić information content (AvgIpc) is 2.26. The molecule has 1 aliphatic rings. The van der Waals surface area contributed by atoms with Crippen molar-refractivity contribution in [2.24, 2.45) is 0 Å². The maximum atomic E-state index is 10.2. The Labute approximate surface area is 83.5 Å². The lowest BCUT2D eigenvalue weighted by atomic mass is 9.88. The molecule has 0 radical (unpaired) electrons. The van der Waals surface area contributed by atoms with Crippen LogP contribution in [0.5, 0.6) is 0 Å². The molecular weight excluding hydrogens is 176 g/mol. The predicted octanol–water partition coefficient (Wildman–Crippen LogP) is 1.31. The van der Waals surface area contributed by atoms with Gasteiger partial charge in [-0.1, -0.05) is 24.3 Å². The molecule has 3 heteroatoms. The fraction of sp³-hybridized carbons (Fsp3) is 0.364. The Balaban J connectivity index is 2.17. The first-order valence-corrected chi connectivity index (χ1v) is 4.94. The normalized spacial score (nSPS) is 19.9. The van der Waals surface area contributed by atoms with Gasteiger partial charge in [-0.15, -0.1) is 0 Å². The fourth-order valence-electron chi connectivity index (χ4n) is 2.04. The molecule has 14 heavy (non-hydrogen) atoms. The Morgan fingerprint density at radius 1 is 1.36 bits per heavy atom. The minimum atomic E-state index is 0.269. The van der Waals surface area contributed by atoms with Gasteiger partial charge >= 0.3 is 0 Å². The quantitative estimate of drug-likeness (QED) is 0.557. The maximum absolute atomic E-state index is 10.2. The Bertz CT molecular complexity index is 325. The van der Waals surface area contributed by atoms with E-state index in [1.54, 1.807) is 0 Å². The molecule has 1 amide bonds. The van der Waals surface area contributed by atoms with Crippen LogP contribution in [0.3, 0.4) is 0 Å². The molecule has 1 aromatic rings. The molecule has 0 fully saturated rings. The van der Waals surface area contributed by atoms with Crippen LogP contribution in [-0.2, 0) is 11.2 Å². The summed E-state index contributed by atoms with van der Waals surface area (Å²) in [4.78, 5) is 10.2. The minimum absolute atomic E-state index is 0.269. The molecule has 2 N–H and O–H groups in total. The lowest BCUT2D eigenvalue weighted by molar-refractivity contribution is -0.110. The highest BCUT2D eigenvalue weighted by atomic mass is 16.1. The number of amides is 1. The van der Waals surface area contributed by atoms with Gasteiger partial charge in [-0.3, -0.25) is 10.2 Å². The number of hydrazine groups is 1. The van der Waals surface area contributed by atoms with E-state index in [2.05, 4.69) is 29.1 Å². The second-order valence-electron chi connectivity index (χ2n) is 3.55. The summed E-state index contributed by atoms with van der Waals surface area (Å²) in [7, 11) is 0. The van der Waals surface area contributed by atoms with Gasteiger partial charge in [0.05, 0.1) is 6.04 Å². The molecule has 1 aromatic carbocycles. The molecule has 74 valence electrons. The van der Waals surface area contributed by atoms with Crippen molar-refractivity contribution in [3.8, 4) is 0 Å². The van der Waals surface area contributed by atoms with Gasteiger partial charge in [0.2, 0.25) is 6.41 Å². The van der Waals surface area contributed by atoms with Crippen molar-refractivity contribution in [1.29, 1.82) is 0 Å². The van der Waals surface area contributed by atoms with E-state index < -0.39 is 0 Å². The summed E-state index contributed by atoms with van der Waals surface area (Å²) >= 11 is 0. The largest absolute Gasteiger partial charge is 0.294 e. The first kappa shape index (κ1) is 9.21. The third kappa shape index (κ3) is 1.77. The molecule has 1 aliphatic carbocycles. The summed E-state index contributed by atoms with van der Waals surface area (Å²) in [5, 5.41) is 0. The summed E-state index contributed by atoms with van der Waals surface area (Å²) < 4.78 is 0. The van der Waals surface area contributed by atoms with E-state index in [1.165, 1.54) is 17.5 Å². The van der Waals surface area contributed by atoms with Crippen molar-refractivity contribution in [1.82, 2.24) is 10.9 Å². The zero-order valence-electron chi connectivity index (χ0n) is 7.99. The maximum Gasteiger partial charge on any atom is 0.221 e. The zero-order chi connectivity index (χ0) is 9.80. The third-order valence-corrected chi connectivity index (χ3v) is 2.69. The summed E-state index contributed by atoms with van der Waals surface area (Å²) in [6.45, 7) is 0. The van der Waals surface area contributed by atoms with Gasteiger partial charge in [-0.2, -0.15) is 0 Å². The van der Waals surface area contributed by atoms with Gasteiger partial charge in [0.15, 0.2) is 0 Å². The summed E-state index contributed by atoms with van der Waals surface area (Å²) in [6.07, 6.45) is 4.08. The summed E-state index contributed by atoms with van der Waals surface area (Å²) in [5.41, 5.74) is 8.24. The van der Waals surface area contributed by atoms with Crippen LogP contribution in [-0.4, -0.2) is 6.41 Å². The molecule has 3 nitrogen and oxygen atoms in total. The van der Waals surface area contributed by atoms with Crippen LogP contribution in [0, 0.1) is 0 Å². The van der Waals surface area contributed by atoms with Gasteiger partial charge in [-0.05, 0) is 30.4 Å². The lowest BCUT2D eigenvalue weighted by Gasteiger charge is -2.25. The number of rotatable bonds is 3. The molecule has 1 unspecified atom stereocenters. The first-order valence-electron chi connectivity index (χ1n) is 4.94. The van der Waals surface area contributed by atoms with E-state index in [0.717, 1.165) is 12.8 Å². The standard InChI is InChI=1S/C11H14N2O/c14-8-12-13-11-7-3-5-9-4-1-2-6-10(9)11/h1-2,4,6,8,11,13H,3,5,7H2,(H,12,14). The zero-order valence-corrected chi connectivity index (χ0v) is 7.99. The fourth-order valence-corrected chi connectivity index (χ4v) is 2.04. The summed E-state index contributed by atoms with van der Waals surface area (Å²) in [5.74, 6) is 0. The molecule has 2 rings (SSSR count). The van der Waals surface area contributed by atoms with Gasteiger partial charge in [-0.25, -0.2) is 5.43 Å².